The van der Waals surface area contributed by atoms with E-state index in [4.69, 9.17) is 0 Å². The Labute approximate surface area is 67.7 Å². The molecule has 1 heterocycles. The van der Waals surface area contributed by atoms with E-state index in [1.54, 1.807) is 0 Å². The molecule has 0 N–H and O–H groups in total. The smallest absolute Gasteiger partial charge is 0.146 e. The summed E-state index contributed by atoms with van der Waals surface area (Å²) in [6.07, 6.45) is 3.03. The van der Waals surface area contributed by atoms with Gasteiger partial charge >= 0.3 is 0 Å². The lowest BCUT2D eigenvalue weighted by atomic mass is 10.5. The molecule has 1 aromatic rings. The third kappa shape index (κ3) is 1.53. The Balaban J connectivity index is 2.95. The van der Waals surface area contributed by atoms with Crippen molar-refractivity contribution >= 4 is 5.82 Å². The van der Waals surface area contributed by atoms with E-state index in [-0.39, 0.29) is 0 Å². The van der Waals surface area contributed by atoms with Gasteiger partial charge in [0, 0.05) is 33.8 Å². The van der Waals surface area contributed by atoms with Gasteiger partial charge in [-0.15, -0.1) is 0 Å². The summed E-state index contributed by atoms with van der Waals surface area (Å²) in [6.45, 7) is 2.11. The van der Waals surface area contributed by atoms with Crippen LogP contribution in [-0.4, -0.2) is 23.6 Å². The first-order chi connectivity index (χ1) is 5.15. The highest BCUT2D eigenvalue weighted by Gasteiger charge is 2.03. The molecular formula is C8H15N3. The molecule has 0 spiro atoms. The quantitative estimate of drug-likeness (QED) is 0.633. The number of rotatable bonds is 2. The fraction of sp³-hybridized carbons (Fsp3) is 0.625. The van der Waals surface area contributed by atoms with Crippen LogP contribution in [0.2, 0.25) is 0 Å². The van der Waals surface area contributed by atoms with Crippen LogP contribution in [-0.2, 0) is 13.5 Å². The molecule has 0 atom stereocenters. The van der Waals surface area contributed by atoms with Crippen LogP contribution in [0.4, 0.5) is 5.82 Å². The van der Waals surface area contributed by atoms with Gasteiger partial charge in [-0.25, -0.2) is 4.98 Å². The molecule has 0 aromatic carbocycles. The number of hydrogen-bond acceptors (Lipinski definition) is 2. The third-order valence-corrected chi connectivity index (χ3v) is 1.73. The zero-order valence-corrected chi connectivity index (χ0v) is 7.63. The lowest BCUT2D eigenvalue weighted by Gasteiger charge is -2.05. The van der Waals surface area contributed by atoms with Gasteiger partial charge in [0.05, 0.1) is 0 Å². The molecule has 1 rings (SSSR count). The molecule has 0 fully saturated rings. The van der Waals surface area contributed by atoms with Crippen molar-refractivity contribution in [1.82, 2.24) is 9.55 Å². The predicted octanol–water partition coefficient (Wildman–Crippen LogP) is 1.05. The minimum Gasteiger partial charge on any atom is -0.361 e. The van der Waals surface area contributed by atoms with Crippen molar-refractivity contribution in [3.05, 3.63) is 12.0 Å². The summed E-state index contributed by atoms with van der Waals surface area (Å²) in [4.78, 5) is 6.43. The van der Waals surface area contributed by atoms with E-state index in [1.807, 2.05) is 32.2 Å². The minimum atomic E-state index is 0.990. The molecule has 3 nitrogen and oxygen atoms in total. The first kappa shape index (κ1) is 8.11. The van der Waals surface area contributed by atoms with Gasteiger partial charge in [-0.1, -0.05) is 6.92 Å². The fourth-order valence-electron chi connectivity index (χ4n) is 1.03. The molecular weight excluding hydrogens is 138 g/mol. The molecule has 1 aromatic heterocycles. The Morgan fingerprint density at radius 2 is 2.18 bits per heavy atom. The number of hydrogen-bond donors (Lipinski definition) is 0. The van der Waals surface area contributed by atoms with Gasteiger partial charge in [0.15, 0.2) is 0 Å². The Morgan fingerprint density at radius 1 is 1.55 bits per heavy atom. The van der Waals surface area contributed by atoms with E-state index >= 15 is 0 Å². The molecule has 0 saturated heterocycles. The summed E-state index contributed by atoms with van der Waals surface area (Å²) in [7, 11) is 6.03. The summed E-state index contributed by atoms with van der Waals surface area (Å²) in [6, 6.07) is 0. The van der Waals surface area contributed by atoms with Gasteiger partial charge in [-0.05, 0) is 0 Å². The molecule has 62 valence electrons. The normalized spacial score (nSPS) is 10.2. The zero-order valence-electron chi connectivity index (χ0n) is 7.63. The summed E-state index contributed by atoms with van der Waals surface area (Å²) in [5.74, 6) is 2.16. The molecule has 0 bridgehead atoms. The van der Waals surface area contributed by atoms with Crippen molar-refractivity contribution in [2.24, 2.45) is 7.05 Å². The predicted molar refractivity (Wildman–Crippen MR) is 46.9 cm³/mol. The standard InChI is InChI=1S/C8H15N3/c1-5-7-9-8(10(2)3)6-11(7)4/h6H,5H2,1-4H3. The van der Waals surface area contributed by atoms with Crippen LogP contribution in [0, 0.1) is 0 Å². The fourth-order valence-corrected chi connectivity index (χ4v) is 1.03. The van der Waals surface area contributed by atoms with Crippen molar-refractivity contribution in [3.8, 4) is 0 Å². The minimum absolute atomic E-state index is 0.990. The van der Waals surface area contributed by atoms with Gasteiger partial charge < -0.3 is 9.47 Å². The molecule has 0 unspecified atom stereocenters. The maximum Gasteiger partial charge on any atom is 0.146 e. The lowest BCUT2D eigenvalue weighted by Crippen LogP contribution is -2.08. The average Bonchev–Trinajstić information content (AvgIpc) is 2.31. The largest absolute Gasteiger partial charge is 0.361 e. The van der Waals surface area contributed by atoms with Crippen LogP contribution in [0.25, 0.3) is 0 Å². The van der Waals surface area contributed by atoms with E-state index in [9.17, 15) is 0 Å². The summed E-state index contributed by atoms with van der Waals surface area (Å²) >= 11 is 0. The SMILES string of the molecule is CCc1nc(N(C)C)cn1C. The summed E-state index contributed by atoms with van der Waals surface area (Å²) < 4.78 is 2.06. The molecule has 11 heavy (non-hydrogen) atoms. The Hall–Kier alpha value is -0.990. The number of aryl methyl sites for hydroxylation is 2. The topological polar surface area (TPSA) is 21.1 Å². The monoisotopic (exact) mass is 153 g/mol. The number of imidazole rings is 1. The Bertz CT molecular complexity index is 237. The van der Waals surface area contributed by atoms with Crippen molar-refractivity contribution in [2.75, 3.05) is 19.0 Å². The molecule has 0 saturated carbocycles. The number of anilines is 1. The third-order valence-electron chi connectivity index (χ3n) is 1.73. The number of aromatic nitrogens is 2. The molecule has 3 heteroatoms. The first-order valence-electron chi connectivity index (χ1n) is 3.84. The van der Waals surface area contributed by atoms with Crippen molar-refractivity contribution in [3.63, 3.8) is 0 Å². The van der Waals surface area contributed by atoms with Gasteiger partial charge in [0.1, 0.15) is 11.6 Å². The highest BCUT2D eigenvalue weighted by molar-refractivity contribution is 5.35. The summed E-state index contributed by atoms with van der Waals surface area (Å²) in [5.41, 5.74) is 0. The van der Waals surface area contributed by atoms with Crippen molar-refractivity contribution in [2.45, 2.75) is 13.3 Å². The summed E-state index contributed by atoms with van der Waals surface area (Å²) in [5, 5.41) is 0. The van der Waals surface area contributed by atoms with Crippen LogP contribution < -0.4 is 4.90 Å². The lowest BCUT2D eigenvalue weighted by molar-refractivity contribution is 0.808. The maximum absolute atomic E-state index is 4.42. The van der Waals surface area contributed by atoms with Gasteiger partial charge in [0.2, 0.25) is 0 Å². The maximum atomic E-state index is 4.42. The molecule has 0 aliphatic carbocycles. The van der Waals surface area contributed by atoms with E-state index < -0.39 is 0 Å². The van der Waals surface area contributed by atoms with Crippen molar-refractivity contribution < 1.29 is 0 Å². The van der Waals surface area contributed by atoms with Gasteiger partial charge in [0.25, 0.3) is 0 Å². The second-order valence-electron chi connectivity index (χ2n) is 2.87. The van der Waals surface area contributed by atoms with Gasteiger partial charge in [-0.2, -0.15) is 0 Å². The van der Waals surface area contributed by atoms with Crippen LogP contribution in [0.3, 0.4) is 0 Å². The second kappa shape index (κ2) is 2.95. The van der Waals surface area contributed by atoms with E-state index in [2.05, 4.69) is 16.5 Å². The van der Waals surface area contributed by atoms with E-state index in [1.165, 1.54) is 0 Å². The van der Waals surface area contributed by atoms with Crippen LogP contribution >= 0.6 is 0 Å². The Morgan fingerprint density at radius 3 is 2.45 bits per heavy atom. The second-order valence-corrected chi connectivity index (χ2v) is 2.87. The highest BCUT2D eigenvalue weighted by Crippen LogP contribution is 2.09. The van der Waals surface area contributed by atoms with E-state index in [0.29, 0.717) is 0 Å². The zero-order chi connectivity index (χ0) is 8.43. The van der Waals surface area contributed by atoms with Crippen LogP contribution in [0.1, 0.15) is 12.7 Å². The van der Waals surface area contributed by atoms with Crippen molar-refractivity contribution in [1.29, 1.82) is 0 Å². The molecule has 0 aliphatic heterocycles. The molecule has 0 radical (unpaired) electrons. The van der Waals surface area contributed by atoms with Crippen LogP contribution in [0.5, 0.6) is 0 Å². The van der Waals surface area contributed by atoms with Crippen LogP contribution in [0.15, 0.2) is 6.20 Å². The van der Waals surface area contributed by atoms with Gasteiger partial charge in [-0.3, -0.25) is 0 Å². The van der Waals surface area contributed by atoms with E-state index in [0.717, 1.165) is 18.1 Å². The number of nitrogens with zero attached hydrogens (tertiary/aromatic N) is 3. The molecule has 0 amide bonds. The average molecular weight is 153 g/mol. The molecule has 0 aliphatic rings. The first-order valence-corrected chi connectivity index (χ1v) is 3.84. The highest BCUT2D eigenvalue weighted by atomic mass is 15.2. The Kier molecular flexibility index (Phi) is 2.17.